The van der Waals surface area contributed by atoms with Crippen LogP contribution in [-0.2, 0) is 4.74 Å². The number of ether oxygens (including phenoxy) is 1. The van der Waals surface area contributed by atoms with Crippen molar-refractivity contribution >= 4 is 11.8 Å². The molecule has 0 radical (unpaired) electrons. The number of rotatable bonds is 2. The Morgan fingerprint density at radius 3 is 2.33 bits per heavy atom. The molecule has 1 atom stereocenters. The zero-order chi connectivity index (χ0) is 16.4. The molecule has 0 aliphatic carbocycles. The monoisotopic (exact) mass is 304 g/mol. The predicted octanol–water partition coefficient (Wildman–Crippen LogP) is 3.90. The van der Waals surface area contributed by atoms with E-state index in [-0.39, 0.29) is 11.3 Å². The van der Waals surface area contributed by atoms with E-state index in [4.69, 9.17) is 10.5 Å². The minimum absolute atomic E-state index is 0.126. The minimum Gasteiger partial charge on any atom is -0.444 e. The Morgan fingerprint density at radius 2 is 1.86 bits per heavy atom. The van der Waals surface area contributed by atoms with Crippen LogP contribution in [0.25, 0.3) is 0 Å². The Balaban J connectivity index is 2.96. The van der Waals surface area contributed by atoms with Gasteiger partial charge in [0.1, 0.15) is 11.6 Å². The molecule has 1 amide bonds. The second-order valence-corrected chi connectivity index (χ2v) is 5.72. The summed E-state index contributed by atoms with van der Waals surface area (Å²) < 4.78 is 42.9. The molecule has 0 saturated carbocycles. The van der Waals surface area contributed by atoms with E-state index in [0.29, 0.717) is 5.56 Å². The fourth-order valence-corrected chi connectivity index (χ4v) is 1.57. The molecule has 21 heavy (non-hydrogen) atoms. The van der Waals surface area contributed by atoms with Gasteiger partial charge in [0.2, 0.25) is 0 Å². The number of aryl methyl sites for hydroxylation is 1. The maximum atomic E-state index is 12.6. The third-order valence-corrected chi connectivity index (χ3v) is 2.61. The lowest BCUT2D eigenvalue weighted by Gasteiger charge is -2.21. The molecule has 118 valence electrons. The second kappa shape index (κ2) is 5.93. The first-order valence-electron chi connectivity index (χ1n) is 6.33. The molecule has 7 heteroatoms. The summed E-state index contributed by atoms with van der Waals surface area (Å²) in [6, 6.07) is 1.86. The third-order valence-electron chi connectivity index (χ3n) is 2.61. The average Bonchev–Trinajstić information content (AvgIpc) is 2.27. The number of nitrogens with one attached hydrogen (secondary N) is 1. The molecule has 0 fully saturated rings. The SMILES string of the molecule is Cc1ccc(C(N)C(F)(F)F)cc1NC(=O)OC(C)(C)C. The number of halogens is 3. The lowest BCUT2D eigenvalue weighted by Crippen LogP contribution is -2.29. The van der Waals surface area contributed by atoms with Crippen molar-refractivity contribution in [1.82, 2.24) is 0 Å². The van der Waals surface area contributed by atoms with Gasteiger partial charge in [0.05, 0.1) is 0 Å². The fourth-order valence-electron chi connectivity index (χ4n) is 1.57. The number of alkyl halides is 3. The molecule has 4 nitrogen and oxygen atoms in total. The number of carbonyl (C=O) groups is 1. The first kappa shape index (κ1) is 17.3. The minimum atomic E-state index is -4.54. The Bertz CT molecular complexity index is 522. The van der Waals surface area contributed by atoms with E-state index in [1.165, 1.54) is 18.2 Å². The Morgan fingerprint density at radius 1 is 1.29 bits per heavy atom. The average molecular weight is 304 g/mol. The molecule has 0 saturated heterocycles. The van der Waals surface area contributed by atoms with Crippen molar-refractivity contribution in [2.75, 3.05) is 5.32 Å². The van der Waals surface area contributed by atoms with Crippen molar-refractivity contribution in [2.24, 2.45) is 5.73 Å². The predicted molar refractivity (Wildman–Crippen MR) is 74.0 cm³/mol. The van der Waals surface area contributed by atoms with Crippen molar-refractivity contribution in [1.29, 1.82) is 0 Å². The lowest BCUT2D eigenvalue weighted by atomic mass is 10.0. The molecule has 0 aliphatic rings. The molecule has 3 N–H and O–H groups in total. The van der Waals surface area contributed by atoms with E-state index in [9.17, 15) is 18.0 Å². The molecule has 0 spiro atoms. The van der Waals surface area contributed by atoms with Crippen LogP contribution in [-0.4, -0.2) is 17.9 Å². The van der Waals surface area contributed by atoms with Crippen LogP contribution in [0.15, 0.2) is 18.2 Å². The molecule has 1 aromatic rings. The first-order valence-corrected chi connectivity index (χ1v) is 6.33. The molecule has 0 aromatic heterocycles. The molecular weight excluding hydrogens is 285 g/mol. The summed E-state index contributed by atoms with van der Waals surface area (Å²) in [5.41, 5.74) is 5.18. The van der Waals surface area contributed by atoms with E-state index < -0.39 is 23.9 Å². The molecule has 1 aromatic carbocycles. The van der Waals surface area contributed by atoms with Gasteiger partial charge in [-0.3, -0.25) is 5.32 Å². The zero-order valence-corrected chi connectivity index (χ0v) is 12.3. The smallest absolute Gasteiger partial charge is 0.412 e. The van der Waals surface area contributed by atoms with Gasteiger partial charge < -0.3 is 10.5 Å². The van der Waals surface area contributed by atoms with Crippen LogP contribution < -0.4 is 11.1 Å². The summed E-state index contributed by atoms with van der Waals surface area (Å²) in [5.74, 6) is 0. The van der Waals surface area contributed by atoms with Gasteiger partial charge in [0.15, 0.2) is 0 Å². The number of hydrogen-bond acceptors (Lipinski definition) is 3. The molecule has 0 aliphatic heterocycles. The van der Waals surface area contributed by atoms with E-state index in [0.717, 1.165) is 0 Å². The van der Waals surface area contributed by atoms with Gasteiger partial charge in [0.25, 0.3) is 0 Å². The number of benzene rings is 1. The van der Waals surface area contributed by atoms with Crippen LogP contribution in [0.2, 0.25) is 0 Å². The molecule has 0 heterocycles. The first-order chi connectivity index (χ1) is 9.40. The zero-order valence-electron chi connectivity index (χ0n) is 12.3. The quantitative estimate of drug-likeness (QED) is 0.871. The van der Waals surface area contributed by atoms with E-state index in [2.05, 4.69) is 5.32 Å². The summed E-state index contributed by atoms with van der Waals surface area (Å²) in [6.07, 6.45) is -5.28. The molecule has 0 bridgehead atoms. The second-order valence-electron chi connectivity index (χ2n) is 5.72. The summed E-state index contributed by atoms with van der Waals surface area (Å²) in [7, 11) is 0. The number of carbonyl (C=O) groups excluding carboxylic acids is 1. The van der Waals surface area contributed by atoms with Gasteiger partial charge in [-0.15, -0.1) is 0 Å². The van der Waals surface area contributed by atoms with Gasteiger partial charge >= 0.3 is 12.3 Å². The molecular formula is C14H19F3N2O2. The number of anilines is 1. The van der Waals surface area contributed by atoms with Crippen molar-refractivity contribution < 1.29 is 22.7 Å². The fraction of sp³-hybridized carbons (Fsp3) is 0.500. The van der Waals surface area contributed by atoms with Crippen LogP contribution in [0.4, 0.5) is 23.7 Å². The van der Waals surface area contributed by atoms with Gasteiger partial charge in [0, 0.05) is 5.69 Å². The van der Waals surface area contributed by atoms with Crippen LogP contribution in [0.3, 0.4) is 0 Å². The van der Waals surface area contributed by atoms with E-state index in [1.807, 2.05) is 0 Å². The Kier molecular flexibility index (Phi) is 4.88. The van der Waals surface area contributed by atoms with E-state index >= 15 is 0 Å². The summed E-state index contributed by atoms with van der Waals surface area (Å²) in [5, 5.41) is 2.43. The van der Waals surface area contributed by atoms with Crippen LogP contribution in [0, 0.1) is 6.92 Å². The number of nitrogens with two attached hydrogens (primary N) is 1. The highest BCUT2D eigenvalue weighted by molar-refractivity contribution is 5.86. The lowest BCUT2D eigenvalue weighted by molar-refractivity contribution is -0.149. The standard InChI is InChI=1S/C14H19F3N2O2/c1-8-5-6-9(11(18)14(15,16)17)7-10(8)19-12(20)21-13(2,3)4/h5-7,11H,18H2,1-4H3,(H,19,20). The van der Waals surface area contributed by atoms with E-state index in [1.54, 1.807) is 27.7 Å². The van der Waals surface area contributed by atoms with Crippen molar-refractivity contribution in [3.63, 3.8) is 0 Å². The maximum Gasteiger partial charge on any atom is 0.412 e. The largest absolute Gasteiger partial charge is 0.444 e. The van der Waals surface area contributed by atoms with Crippen LogP contribution in [0.5, 0.6) is 0 Å². The van der Waals surface area contributed by atoms with Gasteiger partial charge in [-0.2, -0.15) is 13.2 Å². The van der Waals surface area contributed by atoms with Crippen LogP contribution in [0.1, 0.15) is 37.9 Å². The molecule has 1 unspecified atom stereocenters. The summed E-state index contributed by atoms with van der Waals surface area (Å²) >= 11 is 0. The summed E-state index contributed by atoms with van der Waals surface area (Å²) in [4.78, 5) is 11.7. The van der Waals surface area contributed by atoms with Crippen molar-refractivity contribution in [2.45, 2.75) is 45.5 Å². The number of amides is 1. The van der Waals surface area contributed by atoms with Gasteiger partial charge in [-0.1, -0.05) is 12.1 Å². The van der Waals surface area contributed by atoms with Crippen molar-refractivity contribution in [3.05, 3.63) is 29.3 Å². The van der Waals surface area contributed by atoms with Gasteiger partial charge in [-0.25, -0.2) is 4.79 Å². The highest BCUT2D eigenvalue weighted by Gasteiger charge is 2.38. The van der Waals surface area contributed by atoms with Gasteiger partial charge in [-0.05, 0) is 44.9 Å². The Labute approximate surface area is 121 Å². The highest BCUT2D eigenvalue weighted by atomic mass is 19.4. The third kappa shape index (κ3) is 5.26. The number of hydrogen-bond donors (Lipinski definition) is 2. The van der Waals surface area contributed by atoms with Crippen molar-refractivity contribution in [3.8, 4) is 0 Å². The highest BCUT2D eigenvalue weighted by Crippen LogP contribution is 2.32. The molecule has 1 rings (SSSR count). The van der Waals surface area contributed by atoms with Crippen LogP contribution >= 0.6 is 0 Å². The normalized spacial score (nSPS) is 13.7. The topological polar surface area (TPSA) is 64.3 Å². The summed E-state index contributed by atoms with van der Waals surface area (Å²) in [6.45, 7) is 6.73. The Hall–Kier alpha value is -1.76. The maximum absolute atomic E-state index is 12.6.